The molecule has 2 aliphatic rings. The quantitative estimate of drug-likeness (QED) is 0.898. The number of benzene rings is 1. The van der Waals surface area contributed by atoms with Crippen LogP contribution in [0.1, 0.15) is 37.7 Å². The third kappa shape index (κ3) is 2.26. The molecule has 3 rings (SSSR count). The zero-order valence-corrected chi connectivity index (χ0v) is 12.0. The first-order valence-corrected chi connectivity index (χ1v) is 7.53. The maximum atomic E-state index is 12.0. The molecule has 0 spiro atoms. The second kappa shape index (κ2) is 5.39. The van der Waals surface area contributed by atoms with Crippen molar-refractivity contribution in [3.05, 3.63) is 29.8 Å². The Labute approximate surface area is 123 Å². The molecule has 0 aromatic heterocycles. The Morgan fingerprint density at radius 2 is 1.90 bits per heavy atom. The first kappa shape index (κ1) is 13.9. The summed E-state index contributed by atoms with van der Waals surface area (Å²) in [6.07, 6.45) is 4.23. The number of carbonyl (C=O) groups is 2. The Morgan fingerprint density at radius 3 is 2.52 bits per heavy atom. The van der Waals surface area contributed by atoms with Gasteiger partial charge >= 0.3 is 12.0 Å². The number of aliphatic carboxylic acids is 1. The minimum atomic E-state index is -0.849. The predicted molar refractivity (Wildman–Crippen MR) is 79.6 cm³/mol. The van der Waals surface area contributed by atoms with Gasteiger partial charge in [-0.1, -0.05) is 37.5 Å². The van der Waals surface area contributed by atoms with Crippen LogP contribution in [0.5, 0.6) is 0 Å². The smallest absolute Gasteiger partial charge is 0.322 e. The molecule has 0 bridgehead atoms. The van der Waals surface area contributed by atoms with E-state index < -0.39 is 11.4 Å². The molecule has 5 nitrogen and oxygen atoms in total. The fraction of sp³-hybridized carbons (Fsp3) is 0.500. The number of para-hydroxylation sites is 1. The second-order valence-corrected chi connectivity index (χ2v) is 5.85. The highest BCUT2D eigenvalue weighted by atomic mass is 16.4. The van der Waals surface area contributed by atoms with E-state index in [0.29, 0.717) is 25.9 Å². The van der Waals surface area contributed by atoms with Crippen LogP contribution in [-0.2, 0) is 10.2 Å². The number of carbonyl (C=O) groups excluding carboxylic acids is 1. The predicted octanol–water partition coefficient (Wildman–Crippen LogP) is 2.50. The van der Waals surface area contributed by atoms with E-state index in [2.05, 4.69) is 5.32 Å². The highest BCUT2D eigenvalue weighted by Gasteiger charge is 2.44. The Hall–Kier alpha value is -2.04. The van der Waals surface area contributed by atoms with E-state index in [4.69, 9.17) is 0 Å². The van der Waals surface area contributed by atoms with E-state index in [1.165, 1.54) is 0 Å². The molecule has 1 heterocycles. The molecule has 21 heavy (non-hydrogen) atoms. The topological polar surface area (TPSA) is 69.6 Å². The highest BCUT2D eigenvalue weighted by Crippen LogP contribution is 2.43. The Bertz CT molecular complexity index is 564. The molecule has 112 valence electrons. The van der Waals surface area contributed by atoms with Crippen molar-refractivity contribution in [1.82, 2.24) is 5.32 Å². The number of rotatable bonds is 3. The van der Waals surface area contributed by atoms with E-state index in [1.807, 2.05) is 24.3 Å². The van der Waals surface area contributed by atoms with Gasteiger partial charge in [0.25, 0.3) is 0 Å². The van der Waals surface area contributed by atoms with Crippen LogP contribution in [0, 0.1) is 0 Å². The minimum Gasteiger partial charge on any atom is -0.481 e. The number of nitrogens with one attached hydrogen (secondary N) is 1. The molecule has 1 aromatic rings. The normalized spacial score (nSPS) is 21.1. The van der Waals surface area contributed by atoms with Gasteiger partial charge in [0.2, 0.25) is 0 Å². The summed E-state index contributed by atoms with van der Waals surface area (Å²) in [6, 6.07) is 7.33. The summed E-state index contributed by atoms with van der Waals surface area (Å²) in [6.45, 7) is 1.19. The number of hydrogen-bond acceptors (Lipinski definition) is 2. The maximum absolute atomic E-state index is 12.0. The van der Waals surface area contributed by atoms with Crippen molar-refractivity contribution in [2.75, 3.05) is 18.0 Å². The van der Waals surface area contributed by atoms with E-state index in [1.54, 1.807) is 4.90 Å². The van der Waals surface area contributed by atoms with Crippen LogP contribution in [0.25, 0.3) is 0 Å². The molecule has 1 aliphatic heterocycles. The molecule has 2 fully saturated rings. The van der Waals surface area contributed by atoms with Gasteiger partial charge in [-0.15, -0.1) is 0 Å². The van der Waals surface area contributed by atoms with Gasteiger partial charge in [-0.3, -0.25) is 9.69 Å². The summed E-state index contributed by atoms with van der Waals surface area (Å²) in [5.74, 6) is -0.769. The number of amides is 2. The molecule has 0 atom stereocenters. The first-order valence-electron chi connectivity index (χ1n) is 7.53. The lowest BCUT2D eigenvalue weighted by Crippen LogP contribution is -2.40. The first-order chi connectivity index (χ1) is 10.1. The highest BCUT2D eigenvalue weighted by molar-refractivity contribution is 5.96. The molecule has 1 aliphatic carbocycles. The Kier molecular flexibility index (Phi) is 3.57. The zero-order valence-electron chi connectivity index (χ0n) is 12.0. The lowest BCUT2D eigenvalue weighted by molar-refractivity contribution is -0.145. The average Bonchev–Trinajstić information content (AvgIpc) is 2.94. The summed E-state index contributed by atoms with van der Waals surface area (Å²) in [4.78, 5) is 25.6. The summed E-state index contributed by atoms with van der Waals surface area (Å²) in [5, 5.41) is 12.6. The number of nitrogens with zero attached hydrogens (tertiary/aromatic N) is 1. The lowest BCUT2D eigenvalue weighted by Gasteiger charge is -2.36. The number of anilines is 1. The van der Waals surface area contributed by atoms with Crippen LogP contribution in [0.2, 0.25) is 0 Å². The number of urea groups is 1. The van der Waals surface area contributed by atoms with Gasteiger partial charge in [-0.2, -0.15) is 0 Å². The summed E-state index contributed by atoms with van der Waals surface area (Å²) < 4.78 is 0. The molecule has 1 aromatic carbocycles. The minimum absolute atomic E-state index is 0.140. The van der Waals surface area contributed by atoms with Gasteiger partial charge in [-0.05, 0) is 24.5 Å². The summed E-state index contributed by atoms with van der Waals surface area (Å²) >= 11 is 0. The van der Waals surface area contributed by atoms with Crippen LogP contribution in [0.3, 0.4) is 0 Å². The molecule has 2 amide bonds. The molecular weight excluding hydrogens is 268 g/mol. The van der Waals surface area contributed by atoms with Crippen LogP contribution in [-0.4, -0.2) is 30.2 Å². The van der Waals surface area contributed by atoms with Gasteiger partial charge in [-0.25, -0.2) is 4.79 Å². The van der Waals surface area contributed by atoms with Crippen molar-refractivity contribution in [2.45, 2.75) is 37.5 Å². The van der Waals surface area contributed by atoms with Gasteiger partial charge in [0.05, 0.1) is 5.41 Å². The fourth-order valence-corrected chi connectivity index (χ4v) is 3.57. The van der Waals surface area contributed by atoms with E-state index >= 15 is 0 Å². The molecule has 1 saturated carbocycles. The molecule has 2 N–H and O–H groups in total. The maximum Gasteiger partial charge on any atom is 0.322 e. The van der Waals surface area contributed by atoms with Crippen molar-refractivity contribution < 1.29 is 14.7 Å². The fourth-order valence-electron chi connectivity index (χ4n) is 3.57. The number of hydrogen-bond donors (Lipinski definition) is 2. The average molecular weight is 288 g/mol. The number of carboxylic acid groups (broad SMARTS) is 1. The van der Waals surface area contributed by atoms with Crippen molar-refractivity contribution in [2.24, 2.45) is 0 Å². The van der Waals surface area contributed by atoms with Crippen LogP contribution < -0.4 is 10.2 Å². The molecule has 1 saturated heterocycles. The summed E-state index contributed by atoms with van der Waals surface area (Å²) in [7, 11) is 0. The summed E-state index contributed by atoms with van der Waals surface area (Å²) in [5.41, 5.74) is 0.684. The van der Waals surface area contributed by atoms with Gasteiger partial charge < -0.3 is 10.4 Å². The van der Waals surface area contributed by atoms with Crippen molar-refractivity contribution in [3.63, 3.8) is 0 Å². The SMILES string of the molecule is O=C1NCCN1c1ccccc1C1(C(=O)O)CCCCC1. The van der Waals surface area contributed by atoms with Crippen LogP contribution in [0.4, 0.5) is 10.5 Å². The van der Waals surface area contributed by atoms with Crippen LogP contribution in [0.15, 0.2) is 24.3 Å². The Morgan fingerprint density at radius 1 is 1.19 bits per heavy atom. The van der Waals surface area contributed by atoms with E-state index in [9.17, 15) is 14.7 Å². The standard InChI is InChI=1S/C16H20N2O3/c19-14(20)16(8-4-1-5-9-16)12-6-2-3-7-13(12)18-11-10-17-15(18)21/h2-3,6-7H,1,4-5,8-11H2,(H,17,21)(H,19,20). The third-order valence-electron chi connectivity index (χ3n) is 4.68. The number of carboxylic acids is 1. The molecule has 5 heteroatoms. The van der Waals surface area contributed by atoms with Crippen molar-refractivity contribution >= 4 is 17.7 Å². The van der Waals surface area contributed by atoms with Crippen molar-refractivity contribution in [1.29, 1.82) is 0 Å². The van der Waals surface area contributed by atoms with Gasteiger partial charge in [0, 0.05) is 18.8 Å². The zero-order chi connectivity index (χ0) is 14.9. The second-order valence-electron chi connectivity index (χ2n) is 5.85. The molecule has 0 radical (unpaired) electrons. The Balaban J connectivity index is 2.08. The van der Waals surface area contributed by atoms with Crippen molar-refractivity contribution in [3.8, 4) is 0 Å². The molecule has 0 unspecified atom stereocenters. The third-order valence-corrected chi connectivity index (χ3v) is 4.68. The largest absolute Gasteiger partial charge is 0.481 e. The van der Waals surface area contributed by atoms with Gasteiger partial charge in [0.1, 0.15) is 0 Å². The lowest BCUT2D eigenvalue weighted by atomic mass is 9.69. The monoisotopic (exact) mass is 288 g/mol. The van der Waals surface area contributed by atoms with Gasteiger partial charge in [0.15, 0.2) is 0 Å². The van der Waals surface area contributed by atoms with E-state index in [-0.39, 0.29) is 6.03 Å². The molecular formula is C16H20N2O3. The van der Waals surface area contributed by atoms with E-state index in [0.717, 1.165) is 30.5 Å². The van der Waals surface area contributed by atoms with Crippen LogP contribution >= 0.6 is 0 Å².